The first-order chi connectivity index (χ1) is 8.76. The van der Waals surface area contributed by atoms with Crippen molar-refractivity contribution in [3.05, 3.63) is 33.8 Å². The van der Waals surface area contributed by atoms with E-state index in [1.807, 2.05) is 0 Å². The Morgan fingerprint density at radius 1 is 1.37 bits per heavy atom. The van der Waals surface area contributed by atoms with E-state index in [4.69, 9.17) is 41.2 Å². The maximum Gasteiger partial charge on any atom is 0.218 e. The summed E-state index contributed by atoms with van der Waals surface area (Å²) in [6.07, 6.45) is 0. The van der Waals surface area contributed by atoms with Crippen LogP contribution in [0.4, 0.5) is 0 Å². The molecule has 0 aliphatic carbocycles. The Hall–Kier alpha value is -0.400. The smallest absolute Gasteiger partial charge is 0.218 e. The standard InChI is InChI=1S/C11H14Cl2N2O2S2/c1-2-15(6-11(14)18)19(16,17)7-8-3-4-9(12)10(13)5-8/h3-5H,2,6-7H2,1H3,(H2,14,18). The van der Waals surface area contributed by atoms with E-state index in [1.54, 1.807) is 19.1 Å². The van der Waals surface area contributed by atoms with E-state index in [9.17, 15) is 8.42 Å². The Bertz CT molecular complexity index is 576. The molecule has 1 rings (SSSR count). The molecule has 0 atom stereocenters. The minimum atomic E-state index is -3.49. The topological polar surface area (TPSA) is 63.4 Å². The molecule has 0 aromatic heterocycles. The van der Waals surface area contributed by atoms with Crippen LogP contribution in [0.15, 0.2) is 18.2 Å². The van der Waals surface area contributed by atoms with Gasteiger partial charge in [0.05, 0.1) is 27.3 Å². The number of likely N-dealkylation sites (N-methyl/N-ethyl adjacent to an activating group) is 1. The van der Waals surface area contributed by atoms with Gasteiger partial charge in [-0.3, -0.25) is 0 Å². The highest BCUT2D eigenvalue weighted by Gasteiger charge is 2.21. The van der Waals surface area contributed by atoms with Gasteiger partial charge in [0.15, 0.2) is 0 Å². The third-order valence-electron chi connectivity index (χ3n) is 2.41. The van der Waals surface area contributed by atoms with E-state index in [0.717, 1.165) is 0 Å². The fourth-order valence-electron chi connectivity index (χ4n) is 1.51. The second-order valence-electron chi connectivity index (χ2n) is 3.90. The van der Waals surface area contributed by atoms with Crippen LogP contribution < -0.4 is 5.73 Å². The van der Waals surface area contributed by atoms with Gasteiger partial charge in [0, 0.05) is 6.54 Å². The van der Waals surface area contributed by atoms with Crippen LogP contribution in [-0.4, -0.2) is 30.8 Å². The molecule has 0 bridgehead atoms. The number of halogens is 2. The summed E-state index contributed by atoms with van der Waals surface area (Å²) < 4.78 is 25.6. The Morgan fingerprint density at radius 2 is 2.00 bits per heavy atom. The molecule has 0 aliphatic rings. The van der Waals surface area contributed by atoms with Gasteiger partial charge in [-0.05, 0) is 17.7 Å². The monoisotopic (exact) mass is 340 g/mol. The summed E-state index contributed by atoms with van der Waals surface area (Å²) in [5.41, 5.74) is 5.96. The average Bonchev–Trinajstić information content (AvgIpc) is 2.30. The Labute approximate surface area is 128 Å². The van der Waals surface area contributed by atoms with Crippen molar-refractivity contribution in [3.8, 4) is 0 Å². The van der Waals surface area contributed by atoms with Crippen molar-refractivity contribution < 1.29 is 8.42 Å². The van der Waals surface area contributed by atoms with Crippen molar-refractivity contribution in [1.29, 1.82) is 0 Å². The predicted octanol–water partition coefficient (Wildman–Crippen LogP) is 2.43. The second-order valence-corrected chi connectivity index (χ2v) is 7.20. The van der Waals surface area contributed by atoms with E-state index < -0.39 is 10.0 Å². The number of sulfonamides is 1. The average molecular weight is 341 g/mol. The molecule has 0 amide bonds. The molecule has 1 aromatic carbocycles. The van der Waals surface area contributed by atoms with Gasteiger partial charge in [0.1, 0.15) is 0 Å². The molecule has 0 unspecified atom stereocenters. The second kappa shape index (κ2) is 6.85. The van der Waals surface area contributed by atoms with Crippen LogP contribution in [0.2, 0.25) is 10.0 Å². The molecule has 0 radical (unpaired) electrons. The lowest BCUT2D eigenvalue weighted by molar-refractivity contribution is 0.467. The van der Waals surface area contributed by atoms with Crippen molar-refractivity contribution in [2.45, 2.75) is 12.7 Å². The molecular formula is C11H14Cl2N2O2S2. The SMILES string of the molecule is CCN(CC(N)=S)S(=O)(=O)Cc1ccc(Cl)c(Cl)c1. The van der Waals surface area contributed by atoms with Gasteiger partial charge >= 0.3 is 0 Å². The summed E-state index contributed by atoms with van der Waals surface area (Å²) >= 11 is 16.4. The molecule has 0 heterocycles. The van der Waals surface area contributed by atoms with E-state index in [0.29, 0.717) is 22.2 Å². The molecule has 0 saturated heterocycles. The first kappa shape index (κ1) is 16.7. The molecule has 106 valence electrons. The molecule has 0 spiro atoms. The number of benzene rings is 1. The van der Waals surface area contributed by atoms with Crippen LogP contribution >= 0.6 is 35.4 Å². The van der Waals surface area contributed by atoms with Crippen molar-refractivity contribution in [1.82, 2.24) is 4.31 Å². The van der Waals surface area contributed by atoms with E-state index in [1.165, 1.54) is 10.4 Å². The van der Waals surface area contributed by atoms with Gasteiger partial charge in [0.25, 0.3) is 0 Å². The number of hydrogen-bond donors (Lipinski definition) is 1. The molecule has 0 aliphatic heterocycles. The number of thiocarbonyl (C=S) groups is 1. The molecular weight excluding hydrogens is 327 g/mol. The van der Waals surface area contributed by atoms with E-state index in [-0.39, 0.29) is 17.3 Å². The molecule has 0 saturated carbocycles. The number of rotatable bonds is 6. The van der Waals surface area contributed by atoms with Crippen LogP contribution in [0, 0.1) is 0 Å². The first-order valence-electron chi connectivity index (χ1n) is 5.46. The van der Waals surface area contributed by atoms with E-state index >= 15 is 0 Å². The molecule has 1 aromatic rings. The van der Waals surface area contributed by atoms with Gasteiger partial charge < -0.3 is 5.73 Å². The first-order valence-corrected chi connectivity index (χ1v) is 8.23. The van der Waals surface area contributed by atoms with Crippen LogP contribution in [0.5, 0.6) is 0 Å². The fourth-order valence-corrected chi connectivity index (χ4v) is 3.58. The third kappa shape index (κ3) is 4.89. The maximum atomic E-state index is 12.2. The summed E-state index contributed by atoms with van der Waals surface area (Å²) in [6, 6.07) is 4.73. The van der Waals surface area contributed by atoms with Gasteiger partial charge in [-0.2, -0.15) is 4.31 Å². The highest BCUT2D eigenvalue weighted by molar-refractivity contribution is 7.88. The summed E-state index contributed by atoms with van der Waals surface area (Å²) in [7, 11) is -3.49. The lowest BCUT2D eigenvalue weighted by atomic mass is 10.2. The Morgan fingerprint density at radius 3 is 2.47 bits per heavy atom. The lowest BCUT2D eigenvalue weighted by Crippen LogP contribution is -2.38. The van der Waals surface area contributed by atoms with Crippen molar-refractivity contribution in [2.24, 2.45) is 5.73 Å². The Balaban J connectivity index is 2.94. The Kier molecular flexibility index (Phi) is 6.01. The van der Waals surface area contributed by atoms with Crippen molar-refractivity contribution >= 4 is 50.4 Å². The van der Waals surface area contributed by atoms with Crippen LogP contribution in [0.3, 0.4) is 0 Å². The van der Waals surface area contributed by atoms with Gasteiger partial charge in [-0.15, -0.1) is 0 Å². The normalized spacial score (nSPS) is 11.8. The minimum Gasteiger partial charge on any atom is -0.392 e. The lowest BCUT2D eigenvalue weighted by Gasteiger charge is -2.19. The maximum absolute atomic E-state index is 12.2. The predicted molar refractivity (Wildman–Crippen MR) is 83.1 cm³/mol. The number of nitrogens with zero attached hydrogens (tertiary/aromatic N) is 1. The van der Waals surface area contributed by atoms with Crippen LogP contribution in [-0.2, 0) is 15.8 Å². The van der Waals surface area contributed by atoms with Crippen molar-refractivity contribution in [2.75, 3.05) is 13.1 Å². The molecule has 2 N–H and O–H groups in total. The van der Waals surface area contributed by atoms with Gasteiger partial charge in [0.2, 0.25) is 10.0 Å². The highest BCUT2D eigenvalue weighted by atomic mass is 35.5. The molecule has 19 heavy (non-hydrogen) atoms. The summed E-state index contributed by atoms with van der Waals surface area (Å²) in [4.78, 5) is 0.138. The van der Waals surface area contributed by atoms with E-state index in [2.05, 4.69) is 0 Å². The van der Waals surface area contributed by atoms with Crippen molar-refractivity contribution in [3.63, 3.8) is 0 Å². The summed E-state index contributed by atoms with van der Waals surface area (Å²) in [5.74, 6) is -0.166. The third-order valence-corrected chi connectivity index (χ3v) is 5.15. The zero-order chi connectivity index (χ0) is 14.6. The zero-order valence-corrected chi connectivity index (χ0v) is 13.4. The molecule has 8 heteroatoms. The molecule has 0 fully saturated rings. The molecule has 4 nitrogen and oxygen atoms in total. The highest BCUT2D eigenvalue weighted by Crippen LogP contribution is 2.24. The van der Waals surface area contributed by atoms with Crippen LogP contribution in [0.1, 0.15) is 12.5 Å². The summed E-state index contributed by atoms with van der Waals surface area (Å²) in [6.45, 7) is 2.07. The number of hydrogen-bond acceptors (Lipinski definition) is 3. The zero-order valence-electron chi connectivity index (χ0n) is 10.3. The van der Waals surface area contributed by atoms with Crippen LogP contribution in [0.25, 0.3) is 0 Å². The minimum absolute atomic E-state index is 0.0372. The number of nitrogens with two attached hydrogens (primary N) is 1. The van der Waals surface area contributed by atoms with Gasteiger partial charge in [-0.1, -0.05) is 48.4 Å². The largest absolute Gasteiger partial charge is 0.392 e. The quantitative estimate of drug-likeness (QED) is 0.807. The van der Waals surface area contributed by atoms with Gasteiger partial charge in [-0.25, -0.2) is 8.42 Å². The fraction of sp³-hybridized carbons (Fsp3) is 0.364. The summed E-state index contributed by atoms with van der Waals surface area (Å²) in [5, 5.41) is 0.713.